The number of aliphatic hydroxyl groups is 1. The number of rotatable bonds is 9. The van der Waals surface area contributed by atoms with E-state index in [2.05, 4.69) is 15.3 Å². The second-order valence-electron chi connectivity index (χ2n) is 7.82. The number of carbonyl (C=O) groups excluding carboxylic acids is 1. The van der Waals surface area contributed by atoms with Crippen LogP contribution in [-0.2, 0) is 20.8 Å². The van der Waals surface area contributed by atoms with Gasteiger partial charge in [-0.2, -0.15) is 0 Å². The number of imidazole rings is 1. The zero-order valence-electron chi connectivity index (χ0n) is 18.2. The average Bonchev–Trinajstić information content (AvgIpc) is 3.25. The van der Waals surface area contributed by atoms with E-state index in [1.165, 1.54) is 0 Å². The van der Waals surface area contributed by atoms with E-state index in [0.717, 1.165) is 23.0 Å². The monoisotopic (exact) mass is 435 g/mol. The van der Waals surface area contributed by atoms with Gasteiger partial charge in [0.15, 0.2) is 5.76 Å². The van der Waals surface area contributed by atoms with Gasteiger partial charge in [0, 0.05) is 25.0 Å². The summed E-state index contributed by atoms with van der Waals surface area (Å²) >= 11 is 0. The maximum atomic E-state index is 13.0. The van der Waals surface area contributed by atoms with Crippen LogP contribution in [0.15, 0.2) is 66.4 Å². The van der Waals surface area contributed by atoms with Gasteiger partial charge in [0.1, 0.15) is 5.82 Å². The van der Waals surface area contributed by atoms with Crippen molar-refractivity contribution in [2.45, 2.75) is 38.5 Å². The third kappa shape index (κ3) is 5.00. The number of benzene rings is 2. The molecule has 1 aromatic heterocycles. The van der Waals surface area contributed by atoms with Gasteiger partial charge in [-0.05, 0) is 43.5 Å². The molecule has 2 heterocycles. The van der Waals surface area contributed by atoms with Crippen molar-refractivity contribution in [1.29, 1.82) is 0 Å². The normalized spacial score (nSPS) is 20.6. The molecule has 0 fully saturated rings. The van der Waals surface area contributed by atoms with Crippen molar-refractivity contribution in [3.63, 3.8) is 0 Å². The molecule has 3 N–H and O–H groups in total. The van der Waals surface area contributed by atoms with Gasteiger partial charge in [-0.3, -0.25) is 4.79 Å². The highest BCUT2D eigenvalue weighted by molar-refractivity contribution is 5.91. The number of amides is 1. The number of aliphatic hydroxyl groups excluding tert-OH is 1. The van der Waals surface area contributed by atoms with Crippen molar-refractivity contribution < 1.29 is 19.4 Å². The van der Waals surface area contributed by atoms with Crippen molar-refractivity contribution in [2.75, 3.05) is 13.2 Å². The minimum absolute atomic E-state index is 0.00331. The third-order valence-corrected chi connectivity index (χ3v) is 5.67. The summed E-state index contributed by atoms with van der Waals surface area (Å²) in [6.45, 7) is 2.74. The molecule has 0 spiro atoms. The van der Waals surface area contributed by atoms with Crippen LogP contribution in [0.4, 0.5) is 0 Å². The molecule has 3 aromatic rings. The highest BCUT2D eigenvalue weighted by atomic mass is 16.7. The first-order chi connectivity index (χ1) is 15.7. The summed E-state index contributed by atoms with van der Waals surface area (Å²) in [5.41, 5.74) is 2.88. The number of H-pyrrole nitrogens is 1. The summed E-state index contributed by atoms with van der Waals surface area (Å²) in [5, 5.41) is 12.3. The van der Waals surface area contributed by atoms with Crippen LogP contribution in [0.2, 0.25) is 0 Å². The Kier molecular flexibility index (Phi) is 7.19. The van der Waals surface area contributed by atoms with E-state index in [4.69, 9.17) is 9.47 Å². The lowest BCUT2D eigenvalue weighted by atomic mass is 9.80. The van der Waals surface area contributed by atoms with Crippen LogP contribution < -0.4 is 5.32 Å². The van der Waals surface area contributed by atoms with Gasteiger partial charge >= 0.3 is 0 Å². The summed E-state index contributed by atoms with van der Waals surface area (Å²) < 4.78 is 11.9. The molecule has 0 saturated heterocycles. The van der Waals surface area contributed by atoms with E-state index in [1.807, 2.05) is 67.6 Å². The van der Waals surface area contributed by atoms with Crippen LogP contribution in [-0.4, -0.2) is 40.5 Å². The lowest BCUT2D eigenvalue weighted by molar-refractivity contribution is -0.166. The molecule has 32 heavy (non-hydrogen) atoms. The molecule has 1 amide bonds. The topological polar surface area (TPSA) is 96.5 Å². The summed E-state index contributed by atoms with van der Waals surface area (Å²) in [5.74, 6) is 0.555. The molecular formula is C25H29N3O4. The molecule has 0 unspecified atom stereocenters. The molecule has 0 bridgehead atoms. The molecule has 168 valence electrons. The predicted molar refractivity (Wildman–Crippen MR) is 122 cm³/mol. The van der Waals surface area contributed by atoms with Crippen LogP contribution in [0, 0.1) is 5.92 Å². The van der Waals surface area contributed by atoms with E-state index in [-0.39, 0.29) is 36.7 Å². The van der Waals surface area contributed by atoms with Crippen molar-refractivity contribution in [1.82, 2.24) is 15.3 Å². The van der Waals surface area contributed by atoms with Crippen LogP contribution in [0.3, 0.4) is 0 Å². The molecule has 2 aromatic carbocycles. The zero-order chi connectivity index (χ0) is 22.3. The van der Waals surface area contributed by atoms with Gasteiger partial charge in [-0.25, -0.2) is 4.98 Å². The van der Waals surface area contributed by atoms with Crippen molar-refractivity contribution >= 4 is 16.9 Å². The van der Waals surface area contributed by atoms with Gasteiger partial charge in [-0.1, -0.05) is 42.5 Å². The van der Waals surface area contributed by atoms with Gasteiger partial charge in [-0.15, -0.1) is 0 Å². The Labute approximate surface area is 187 Å². The fraction of sp³-hybridized carbons (Fsp3) is 0.360. The van der Waals surface area contributed by atoms with Gasteiger partial charge in [0.2, 0.25) is 6.29 Å². The molecular weight excluding hydrogens is 406 g/mol. The molecule has 3 atom stereocenters. The number of allylic oxidation sites excluding steroid dienone is 1. The van der Waals surface area contributed by atoms with Crippen LogP contribution >= 0.6 is 0 Å². The summed E-state index contributed by atoms with van der Waals surface area (Å²) in [7, 11) is 0. The largest absolute Gasteiger partial charge is 0.459 e. The molecule has 0 saturated carbocycles. The smallest absolute Gasteiger partial charge is 0.286 e. The average molecular weight is 436 g/mol. The number of fused-ring (bicyclic) bond motifs is 1. The number of nitrogens with one attached hydrogen (secondary N) is 2. The highest BCUT2D eigenvalue weighted by Crippen LogP contribution is 2.39. The fourth-order valence-electron chi connectivity index (χ4n) is 4.16. The first-order valence-electron chi connectivity index (χ1n) is 11.1. The lowest BCUT2D eigenvalue weighted by Crippen LogP contribution is -2.39. The Bertz CT molecular complexity index is 1030. The van der Waals surface area contributed by atoms with E-state index < -0.39 is 6.29 Å². The Morgan fingerprint density at radius 3 is 2.72 bits per heavy atom. The Morgan fingerprint density at radius 2 is 1.97 bits per heavy atom. The number of hydrogen-bond acceptors (Lipinski definition) is 5. The summed E-state index contributed by atoms with van der Waals surface area (Å²) in [4.78, 5) is 20.7. The highest BCUT2D eigenvalue weighted by Gasteiger charge is 2.37. The maximum absolute atomic E-state index is 13.0. The third-order valence-electron chi connectivity index (χ3n) is 5.67. The number of aromatic nitrogens is 2. The molecule has 7 nitrogen and oxygen atoms in total. The van der Waals surface area contributed by atoms with E-state index >= 15 is 0 Å². The molecule has 1 aliphatic rings. The van der Waals surface area contributed by atoms with Crippen molar-refractivity contribution in [2.24, 2.45) is 5.92 Å². The van der Waals surface area contributed by atoms with Gasteiger partial charge in [0.25, 0.3) is 5.91 Å². The van der Waals surface area contributed by atoms with E-state index in [9.17, 15) is 9.90 Å². The number of hydrogen-bond donors (Lipinski definition) is 3. The van der Waals surface area contributed by atoms with Crippen LogP contribution in [0.1, 0.15) is 37.1 Å². The molecule has 4 rings (SSSR count). The van der Waals surface area contributed by atoms with E-state index in [0.29, 0.717) is 18.9 Å². The Balaban J connectivity index is 1.55. The standard InChI is InChI=1S/C25H29N3O4/c1-2-31-25-18(11-8-14-29)19(17-9-4-3-5-10-17)15-22(32-25)24(30)26-16-23-27-20-12-6-7-13-21(20)28-23/h3-7,9-10,12-13,15,18-19,25,29H,2,8,11,14,16H2,1H3,(H,26,30)(H,27,28)/t18-,19+,25+/m0/s1. The molecule has 0 radical (unpaired) electrons. The minimum atomic E-state index is -0.561. The van der Waals surface area contributed by atoms with E-state index in [1.54, 1.807) is 0 Å². The minimum Gasteiger partial charge on any atom is -0.459 e. The Morgan fingerprint density at radius 1 is 1.19 bits per heavy atom. The van der Waals surface area contributed by atoms with Crippen LogP contribution in [0.5, 0.6) is 0 Å². The van der Waals surface area contributed by atoms with Crippen molar-refractivity contribution in [3.05, 3.63) is 77.8 Å². The first-order valence-corrected chi connectivity index (χ1v) is 11.1. The number of ether oxygens (including phenoxy) is 2. The Hall–Kier alpha value is -3.16. The second kappa shape index (κ2) is 10.4. The van der Waals surface area contributed by atoms with Gasteiger partial charge < -0.3 is 24.9 Å². The zero-order valence-corrected chi connectivity index (χ0v) is 18.2. The summed E-state index contributed by atoms with van der Waals surface area (Å²) in [6.07, 6.45) is 2.68. The van der Waals surface area contributed by atoms with Crippen LogP contribution in [0.25, 0.3) is 11.0 Å². The molecule has 1 aliphatic heterocycles. The predicted octanol–water partition coefficient (Wildman–Crippen LogP) is 3.63. The first kappa shape index (κ1) is 22.0. The maximum Gasteiger partial charge on any atom is 0.286 e. The quantitative estimate of drug-likeness (QED) is 0.477. The number of para-hydroxylation sites is 2. The van der Waals surface area contributed by atoms with Gasteiger partial charge in [0.05, 0.1) is 17.6 Å². The molecule has 7 heteroatoms. The number of nitrogens with zero attached hydrogens (tertiary/aromatic N) is 1. The number of carbonyl (C=O) groups is 1. The summed E-state index contributed by atoms with van der Waals surface area (Å²) in [6, 6.07) is 17.8. The number of aromatic amines is 1. The molecule has 0 aliphatic carbocycles. The second-order valence-corrected chi connectivity index (χ2v) is 7.82. The SMILES string of the molecule is CCO[C@@H]1OC(C(=O)NCc2nc3ccccc3[nH]2)=C[C@H](c2ccccc2)[C@@H]1CCCO. The fourth-order valence-corrected chi connectivity index (χ4v) is 4.16. The van der Waals surface area contributed by atoms with Crippen molar-refractivity contribution in [3.8, 4) is 0 Å². The lowest BCUT2D eigenvalue weighted by Gasteiger charge is -2.37.